The second-order valence-corrected chi connectivity index (χ2v) is 11.8. The van der Waals surface area contributed by atoms with Gasteiger partial charge in [0.25, 0.3) is 0 Å². The van der Waals surface area contributed by atoms with Crippen LogP contribution in [0.2, 0.25) is 0 Å². The second kappa shape index (κ2) is 12.2. The molecule has 0 N–H and O–H groups in total. The molecule has 0 saturated carbocycles. The molecule has 3 nitrogen and oxygen atoms in total. The predicted molar refractivity (Wildman–Crippen MR) is 204 cm³/mol. The monoisotopic (exact) mass is 633 g/mol. The van der Waals surface area contributed by atoms with Crippen molar-refractivity contribution in [3.8, 4) is 33.9 Å². The van der Waals surface area contributed by atoms with Gasteiger partial charge in [0.2, 0.25) is 0 Å². The number of para-hydroxylation sites is 3. The molecule has 49 heavy (non-hydrogen) atoms. The first-order chi connectivity index (χ1) is 26.4. The fraction of sp³-hybridized carbons (Fsp3) is 0. The summed E-state index contributed by atoms with van der Waals surface area (Å²) in [7, 11) is 0. The molecule has 7 aromatic carbocycles. The van der Waals surface area contributed by atoms with E-state index in [1.54, 1.807) is 4.90 Å². The van der Waals surface area contributed by atoms with E-state index in [2.05, 4.69) is 83.3 Å². The lowest BCUT2D eigenvalue weighted by molar-refractivity contribution is 0.483. The smallest absolute Gasteiger partial charge is 0.127 e. The lowest BCUT2D eigenvalue weighted by atomic mass is 9.99. The lowest BCUT2D eigenvalue weighted by Crippen LogP contribution is -2.09. The summed E-state index contributed by atoms with van der Waals surface area (Å²) < 4.78 is 51.4. The molecule has 0 aliphatic carbocycles. The van der Waals surface area contributed by atoms with Gasteiger partial charge in [-0.15, -0.1) is 0 Å². The average Bonchev–Trinajstić information content (AvgIpc) is 3.57. The van der Waals surface area contributed by atoms with Gasteiger partial charge in [-0.05, 0) is 89.3 Å². The van der Waals surface area contributed by atoms with E-state index in [1.165, 1.54) is 5.56 Å². The van der Waals surface area contributed by atoms with E-state index in [0.29, 0.717) is 22.9 Å². The van der Waals surface area contributed by atoms with Crippen molar-refractivity contribution in [3.05, 3.63) is 194 Å². The summed E-state index contributed by atoms with van der Waals surface area (Å²) in [4.78, 5) is 1.71. The molecule has 0 amide bonds. The van der Waals surface area contributed by atoms with Gasteiger partial charge < -0.3 is 14.0 Å². The molecule has 0 atom stereocenters. The first-order valence-corrected chi connectivity index (χ1v) is 16.2. The summed E-state index contributed by atoms with van der Waals surface area (Å²) in [5.41, 5.74) is 7.80. The Kier molecular flexibility index (Phi) is 5.91. The van der Waals surface area contributed by atoms with E-state index in [0.717, 1.165) is 44.0 Å². The van der Waals surface area contributed by atoms with E-state index in [-0.39, 0.29) is 17.8 Å². The van der Waals surface area contributed by atoms with Crippen LogP contribution in [0, 0.1) is 0 Å². The third kappa shape index (κ3) is 5.18. The first-order valence-electron chi connectivity index (χ1n) is 18.7. The molecule has 0 radical (unpaired) electrons. The third-order valence-electron chi connectivity index (χ3n) is 8.89. The zero-order valence-corrected chi connectivity index (χ0v) is 26.4. The third-order valence-corrected chi connectivity index (χ3v) is 8.89. The molecule has 9 rings (SSSR count). The number of hydrogen-bond acceptors (Lipinski definition) is 2. The normalized spacial score (nSPS) is 12.7. The van der Waals surface area contributed by atoms with Crippen LogP contribution in [-0.2, 0) is 0 Å². The van der Waals surface area contributed by atoms with Crippen molar-refractivity contribution in [3.63, 3.8) is 0 Å². The standard InChI is InChI=1S/C46H32N2O/c1-4-14-34(15-5-1)45-42-22-12-13-23-43(42)48-44(32-35-16-10-11-21-41(35)46(45)48)33-24-26-37(27-25-33)47(36-17-6-2-7-18-36)38-28-30-40(31-29-38)49-39-19-8-3-9-20-39/h1-32H/i2D,6D,7D,17D,18D. The minimum atomic E-state index is -0.440. The maximum Gasteiger partial charge on any atom is 0.127 e. The van der Waals surface area contributed by atoms with Gasteiger partial charge in [0.05, 0.1) is 23.6 Å². The van der Waals surface area contributed by atoms with Gasteiger partial charge in [0.15, 0.2) is 0 Å². The van der Waals surface area contributed by atoms with Crippen LogP contribution in [0.5, 0.6) is 11.5 Å². The molecule has 0 saturated heterocycles. The zero-order valence-electron chi connectivity index (χ0n) is 31.4. The number of ether oxygens (including phenoxy) is 1. The Balaban J connectivity index is 1.23. The van der Waals surface area contributed by atoms with Gasteiger partial charge in [-0.2, -0.15) is 0 Å². The highest BCUT2D eigenvalue weighted by atomic mass is 16.5. The first kappa shape index (κ1) is 23.7. The molecule has 2 aromatic heterocycles. The fourth-order valence-electron chi connectivity index (χ4n) is 6.74. The number of anilines is 3. The number of nitrogens with zero attached hydrogens (tertiary/aromatic N) is 2. The number of aromatic nitrogens is 1. The van der Waals surface area contributed by atoms with Crippen molar-refractivity contribution >= 4 is 44.3 Å². The van der Waals surface area contributed by atoms with Crippen LogP contribution in [0.1, 0.15) is 6.85 Å². The Morgan fingerprint density at radius 1 is 0.490 bits per heavy atom. The van der Waals surface area contributed by atoms with Crippen molar-refractivity contribution in [2.45, 2.75) is 0 Å². The van der Waals surface area contributed by atoms with Gasteiger partial charge >= 0.3 is 0 Å². The van der Waals surface area contributed by atoms with E-state index in [4.69, 9.17) is 11.6 Å². The molecule has 0 bridgehead atoms. The largest absolute Gasteiger partial charge is 0.457 e. The zero-order chi connectivity index (χ0) is 36.9. The quantitative estimate of drug-likeness (QED) is 0.174. The molecule has 9 aromatic rings. The van der Waals surface area contributed by atoms with Crippen LogP contribution in [0.25, 0.3) is 49.6 Å². The van der Waals surface area contributed by atoms with Gasteiger partial charge in [0.1, 0.15) is 11.5 Å². The summed E-state index contributed by atoms with van der Waals surface area (Å²) in [6.07, 6.45) is 0. The van der Waals surface area contributed by atoms with Crippen molar-refractivity contribution in [1.82, 2.24) is 4.40 Å². The van der Waals surface area contributed by atoms with Crippen LogP contribution < -0.4 is 9.64 Å². The Bertz CT molecular complexity index is 2810. The molecule has 0 aliphatic rings. The van der Waals surface area contributed by atoms with Gasteiger partial charge in [-0.3, -0.25) is 0 Å². The van der Waals surface area contributed by atoms with Crippen molar-refractivity contribution < 1.29 is 11.6 Å². The highest BCUT2D eigenvalue weighted by molar-refractivity contribution is 6.16. The molecule has 0 fully saturated rings. The van der Waals surface area contributed by atoms with Crippen LogP contribution >= 0.6 is 0 Å². The SMILES string of the molecule is [2H]c1c([2H])c([2H])c(N(c2ccc(Oc3ccccc3)cc2)c2ccc(-c3cc4ccccc4c4c(-c5ccccc5)c5ccccc5n34)cc2)c([2H])c1[2H]. The van der Waals surface area contributed by atoms with E-state index < -0.39 is 18.1 Å². The summed E-state index contributed by atoms with van der Waals surface area (Å²) >= 11 is 0. The molecule has 0 unspecified atom stereocenters. The second-order valence-electron chi connectivity index (χ2n) is 11.8. The molecule has 2 heterocycles. The van der Waals surface area contributed by atoms with Gasteiger partial charge in [0, 0.05) is 33.4 Å². The Labute approximate surface area is 292 Å². The number of fused-ring (bicyclic) bond motifs is 5. The van der Waals surface area contributed by atoms with Crippen LogP contribution in [-0.4, -0.2) is 4.40 Å². The van der Waals surface area contributed by atoms with Crippen LogP contribution in [0.4, 0.5) is 17.1 Å². The molecule has 0 aliphatic heterocycles. The molecule has 0 spiro atoms. The van der Waals surface area contributed by atoms with Crippen LogP contribution in [0.15, 0.2) is 194 Å². The molecule has 232 valence electrons. The highest BCUT2D eigenvalue weighted by Crippen LogP contribution is 2.43. The number of hydrogen-bond donors (Lipinski definition) is 0. The Morgan fingerprint density at radius 2 is 1.08 bits per heavy atom. The average molecular weight is 634 g/mol. The summed E-state index contributed by atoms with van der Waals surface area (Å²) in [6.45, 7) is 0. The molecule has 3 heteroatoms. The summed E-state index contributed by atoms with van der Waals surface area (Å²) in [5.74, 6) is 1.30. The van der Waals surface area contributed by atoms with Crippen LogP contribution in [0.3, 0.4) is 0 Å². The van der Waals surface area contributed by atoms with Gasteiger partial charge in [-0.25, -0.2) is 0 Å². The topological polar surface area (TPSA) is 16.9 Å². The molecular formula is C46H32N2O. The van der Waals surface area contributed by atoms with E-state index in [1.807, 2.05) is 84.9 Å². The molecular weight excluding hydrogens is 597 g/mol. The number of rotatable bonds is 7. The van der Waals surface area contributed by atoms with E-state index in [9.17, 15) is 0 Å². The lowest BCUT2D eigenvalue weighted by Gasteiger charge is -2.26. The number of pyridine rings is 1. The van der Waals surface area contributed by atoms with Crippen molar-refractivity contribution in [2.75, 3.05) is 4.90 Å². The maximum atomic E-state index is 8.91. The minimum absolute atomic E-state index is 0.0579. The fourth-order valence-corrected chi connectivity index (χ4v) is 6.74. The highest BCUT2D eigenvalue weighted by Gasteiger charge is 2.20. The summed E-state index contributed by atoms with van der Waals surface area (Å²) in [6, 6.07) is 52.5. The summed E-state index contributed by atoms with van der Waals surface area (Å²) in [5, 5.41) is 3.42. The Morgan fingerprint density at radius 3 is 1.82 bits per heavy atom. The van der Waals surface area contributed by atoms with E-state index >= 15 is 0 Å². The van der Waals surface area contributed by atoms with Crippen molar-refractivity contribution in [2.24, 2.45) is 0 Å². The number of benzene rings is 7. The Hall–Kier alpha value is -6.58. The maximum absolute atomic E-state index is 8.91. The van der Waals surface area contributed by atoms with Gasteiger partial charge in [-0.1, -0.05) is 121 Å². The van der Waals surface area contributed by atoms with Crippen molar-refractivity contribution in [1.29, 1.82) is 0 Å². The minimum Gasteiger partial charge on any atom is -0.457 e. The predicted octanol–water partition coefficient (Wildman–Crippen LogP) is 12.8.